The third kappa shape index (κ3) is 2.50. The number of likely N-dealkylation sites (N-methyl/N-ethyl adjacent to an activating group) is 1. The van der Waals surface area contributed by atoms with Crippen molar-refractivity contribution in [1.82, 2.24) is 5.32 Å². The molecular formula is C15H20FN3O. The largest absolute Gasteiger partial charge is 0.371 e. The van der Waals surface area contributed by atoms with E-state index in [0.717, 1.165) is 37.3 Å². The van der Waals surface area contributed by atoms with Gasteiger partial charge in [0.1, 0.15) is 5.82 Å². The van der Waals surface area contributed by atoms with Crippen LogP contribution in [0.2, 0.25) is 0 Å². The third-order valence-electron chi connectivity index (χ3n) is 4.18. The molecule has 2 aliphatic heterocycles. The number of amides is 1. The number of fused-ring (bicyclic) bond motifs is 1. The first kappa shape index (κ1) is 13.4. The van der Waals surface area contributed by atoms with E-state index in [9.17, 15) is 9.18 Å². The van der Waals surface area contributed by atoms with Gasteiger partial charge in [-0.2, -0.15) is 0 Å². The van der Waals surface area contributed by atoms with E-state index in [-0.39, 0.29) is 11.7 Å². The molecule has 1 amide bonds. The lowest BCUT2D eigenvalue weighted by Crippen LogP contribution is -2.44. The van der Waals surface area contributed by atoms with Crippen LogP contribution in [0.1, 0.15) is 19.3 Å². The van der Waals surface area contributed by atoms with Crippen molar-refractivity contribution in [3.63, 3.8) is 0 Å². The van der Waals surface area contributed by atoms with Gasteiger partial charge in [0.2, 0.25) is 5.91 Å². The van der Waals surface area contributed by atoms with Gasteiger partial charge in [-0.05, 0) is 37.6 Å². The summed E-state index contributed by atoms with van der Waals surface area (Å²) in [6.45, 7) is 2.41. The van der Waals surface area contributed by atoms with Crippen LogP contribution in [-0.4, -0.2) is 38.6 Å². The number of hydrogen-bond donors (Lipinski definition) is 1. The lowest BCUT2D eigenvalue weighted by atomic mass is 10.1. The quantitative estimate of drug-likeness (QED) is 0.894. The molecule has 108 valence electrons. The lowest BCUT2D eigenvalue weighted by Gasteiger charge is -2.36. The fourth-order valence-corrected chi connectivity index (χ4v) is 3.03. The van der Waals surface area contributed by atoms with Crippen LogP contribution in [0.15, 0.2) is 18.2 Å². The second-order valence-electron chi connectivity index (χ2n) is 5.60. The smallest absolute Gasteiger partial charge is 0.228 e. The molecule has 0 aromatic heterocycles. The van der Waals surface area contributed by atoms with Gasteiger partial charge in [-0.1, -0.05) is 0 Å². The van der Waals surface area contributed by atoms with Crippen LogP contribution in [0.4, 0.5) is 15.8 Å². The van der Waals surface area contributed by atoms with Gasteiger partial charge < -0.3 is 15.1 Å². The molecule has 20 heavy (non-hydrogen) atoms. The van der Waals surface area contributed by atoms with Gasteiger partial charge in [0, 0.05) is 32.6 Å². The standard InChI is InChI=1S/C15H20FN3O/c1-18-7-8-19(13-5-4-11(16)9-14(13)18)15(20)10-12-3-2-6-17-12/h4-5,9,12,17H,2-3,6-8,10H2,1H3. The Bertz CT molecular complexity index is 514. The summed E-state index contributed by atoms with van der Waals surface area (Å²) in [7, 11) is 1.93. The molecule has 0 radical (unpaired) electrons. The van der Waals surface area contributed by atoms with E-state index >= 15 is 0 Å². The third-order valence-corrected chi connectivity index (χ3v) is 4.18. The van der Waals surface area contributed by atoms with Crippen molar-refractivity contribution >= 4 is 17.3 Å². The average Bonchev–Trinajstić information content (AvgIpc) is 2.92. The lowest BCUT2D eigenvalue weighted by molar-refractivity contribution is -0.119. The summed E-state index contributed by atoms with van der Waals surface area (Å²) in [5.74, 6) is -0.132. The fourth-order valence-electron chi connectivity index (χ4n) is 3.03. The van der Waals surface area contributed by atoms with Crippen molar-refractivity contribution in [1.29, 1.82) is 0 Å². The maximum Gasteiger partial charge on any atom is 0.228 e. The van der Waals surface area contributed by atoms with Crippen LogP contribution >= 0.6 is 0 Å². The minimum atomic E-state index is -0.262. The van der Waals surface area contributed by atoms with Crippen molar-refractivity contribution in [2.45, 2.75) is 25.3 Å². The van der Waals surface area contributed by atoms with Gasteiger partial charge in [0.25, 0.3) is 0 Å². The monoisotopic (exact) mass is 277 g/mol. The van der Waals surface area contributed by atoms with Crippen LogP contribution < -0.4 is 15.1 Å². The summed E-state index contributed by atoms with van der Waals surface area (Å²) in [5.41, 5.74) is 1.62. The summed E-state index contributed by atoms with van der Waals surface area (Å²) in [6, 6.07) is 4.93. The number of benzene rings is 1. The highest BCUT2D eigenvalue weighted by Gasteiger charge is 2.27. The molecule has 1 N–H and O–H groups in total. The summed E-state index contributed by atoms with van der Waals surface area (Å²) >= 11 is 0. The van der Waals surface area contributed by atoms with E-state index in [1.807, 2.05) is 11.9 Å². The highest BCUT2D eigenvalue weighted by atomic mass is 19.1. The van der Waals surface area contributed by atoms with E-state index < -0.39 is 0 Å². The van der Waals surface area contributed by atoms with Gasteiger partial charge in [-0.15, -0.1) is 0 Å². The highest BCUT2D eigenvalue weighted by Crippen LogP contribution is 2.33. The molecule has 0 bridgehead atoms. The van der Waals surface area contributed by atoms with Gasteiger partial charge >= 0.3 is 0 Å². The van der Waals surface area contributed by atoms with Crippen molar-refractivity contribution in [3.8, 4) is 0 Å². The number of carbonyl (C=O) groups is 1. The Kier molecular flexibility index (Phi) is 3.61. The zero-order chi connectivity index (χ0) is 14.1. The zero-order valence-corrected chi connectivity index (χ0v) is 11.7. The molecular weight excluding hydrogens is 257 g/mol. The van der Waals surface area contributed by atoms with Crippen LogP contribution in [-0.2, 0) is 4.79 Å². The molecule has 1 aromatic rings. The summed E-state index contributed by atoms with van der Waals surface area (Å²) < 4.78 is 13.4. The molecule has 0 saturated carbocycles. The van der Waals surface area contributed by atoms with Gasteiger partial charge in [0.15, 0.2) is 0 Å². The van der Waals surface area contributed by atoms with E-state index in [2.05, 4.69) is 5.32 Å². The van der Waals surface area contributed by atoms with Crippen LogP contribution in [0.5, 0.6) is 0 Å². The molecule has 4 nitrogen and oxygen atoms in total. The summed E-state index contributed by atoms with van der Waals surface area (Å²) in [5, 5.41) is 3.35. The molecule has 3 rings (SSSR count). The summed E-state index contributed by atoms with van der Waals surface area (Å²) in [4.78, 5) is 16.3. The Balaban J connectivity index is 1.80. The highest BCUT2D eigenvalue weighted by molar-refractivity contribution is 5.98. The molecule has 1 saturated heterocycles. The number of nitrogens with zero attached hydrogens (tertiary/aromatic N) is 2. The molecule has 2 heterocycles. The van der Waals surface area contributed by atoms with Crippen LogP contribution in [0.25, 0.3) is 0 Å². The van der Waals surface area contributed by atoms with E-state index in [4.69, 9.17) is 0 Å². The maximum absolute atomic E-state index is 13.4. The first-order valence-electron chi connectivity index (χ1n) is 7.19. The second-order valence-corrected chi connectivity index (χ2v) is 5.60. The van der Waals surface area contributed by atoms with E-state index in [1.54, 1.807) is 11.0 Å². The van der Waals surface area contributed by atoms with Crippen molar-refractivity contribution in [2.75, 3.05) is 36.5 Å². The number of halogens is 1. The molecule has 1 atom stereocenters. The first-order valence-corrected chi connectivity index (χ1v) is 7.19. The minimum absolute atomic E-state index is 0.130. The topological polar surface area (TPSA) is 35.6 Å². The number of rotatable bonds is 2. The Morgan fingerprint density at radius 2 is 2.25 bits per heavy atom. The first-order chi connectivity index (χ1) is 9.65. The normalized spacial score (nSPS) is 22.0. The predicted molar refractivity (Wildman–Crippen MR) is 77.7 cm³/mol. The van der Waals surface area contributed by atoms with Crippen LogP contribution in [0.3, 0.4) is 0 Å². The number of anilines is 2. The zero-order valence-electron chi connectivity index (χ0n) is 11.7. The number of hydrogen-bond acceptors (Lipinski definition) is 3. The number of carbonyl (C=O) groups excluding carboxylic acids is 1. The Labute approximate surface area is 118 Å². The Morgan fingerprint density at radius 1 is 1.40 bits per heavy atom. The SMILES string of the molecule is CN1CCN(C(=O)CC2CCCN2)c2ccc(F)cc21. The van der Waals surface area contributed by atoms with Gasteiger partial charge in [0.05, 0.1) is 11.4 Å². The van der Waals surface area contributed by atoms with Crippen molar-refractivity contribution < 1.29 is 9.18 Å². The van der Waals surface area contributed by atoms with Gasteiger partial charge in [-0.3, -0.25) is 4.79 Å². The van der Waals surface area contributed by atoms with Crippen molar-refractivity contribution in [2.24, 2.45) is 0 Å². The Hall–Kier alpha value is -1.62. The molecule has 5 heteroatoms. The minimum Gasteiger partial charge on any atom is -0.371 e. The second kappa shape index (κ2) is 5.40. The molecule has 1 unspecified atom stereocenters. The predicted octanol–water partition coefficient (Wildman–Crippen LogP) is 1.75. The van der Waals surface area contributed by atoms with E-state index in [1.165, 1.54) is 12.1 Å². The van der Waals surface area contributed by atoms with Crippen molar-refractivity contribution in [3.05, 3.63) is 24.0 Å². The average molecular weight is 277 g/mol. The molecule has 1 fully saturated rings. The summed E-state index contributed by atoms with van der Waals surface area (Å²) in [6.07, 6.45) is 2.73. The van der Waals surface area contributed by atoms with Gasteiger partial charge in [-0.25, -0.2) is 4.39 Å². The maximum atomic E-state index is 13.4. The molecule has 1 aromatic carbocycles. The van der Waals surface area contributed by atoms with Crippen LogP contribution in [0, 0.1) is 5.82 Å². The molecule has 0 spiro atoms. The fraction of sp³-hybridized carbons (Fsp3) is 0.533. The molecule has 0 aliphatic carbocycles. The number of nitrogens with one attached hydrogen (secondary N) is 1. The Morgan fingerprint density at radius 3 is 3.00 bits per heavy atom. The molecule has 2 aliphatic rings. The van der Waals surface area contributed by atoms with E-state index in [0.29, 0.717) is 19.0 Å².